The number of carbonyl (C=O) groups excluding carboxylic acids is 1. The molecule has 78 valence electrons. The van der Waals surface area contributed by atoms with Gasteiger partial charge in [-0.05, 0) is 25.2 Å². The van der Waals surface area contributed by atoms with E-state index < -0.39 is 0 Å². The summed E-state index contributed by atoms with van der Waals surface area (Å²) in [7, 11) is 0. The summed E-state index contributed by atoms with van der Waals surface area (Å²) in [4.78, 5) is 13.9. The van der Waals surface area contributed by atoms with Crippen molar-refractivity contribution in [1.82, 2.24) is 10.2 Å². The zero-order chi connectivity index (χ0) is 9.60. The molecule has 1 saturated heterocycles. The predicted molar refractivity (Wildman–Crippen MR) is 53.6 cm³/mol. The first-order valence-corrected chi connectivity index (χ1v) is 5.85. The van der Waals surface area contributed by atoms with E-state index in [0.717, 1.165) is 32.0 Å². The first kappa shape index (κ1) is 8.72. The molecule has 1 amide bonds. The highest BCUT2D eigenvalue weighted by Gasteiger charge is 2.55. The molecule has 1 spiro atoms. The third kappa shape index (κ3) is 1.26. The third-order valence-corrected chi connectivity index (χ3v) is 4.09. The number of nitrogens with one attached hydrogen (secondary N) is 1. The molecule has 2 saturated carbocycles. The lowest BCUT2D eigenvalue weighted by atomic mass is 9.83. The number of hydrogen-bond donors (Lipinski definition) is 1. The molecule has 3 rings (SSSR count). The average molecular weight is 194 g/mol. The molecule has 3 aliphatic rings. The Hall–Kier alpha value is -0.570. The lowest BCUT2D eigenvalue weighted by Crippen LogP contribution is -2.33. The monoisotopic (exact) mass is 194 g/mol. The van der Waals surface area contributed by atoms with E-state index in [9.17, 15) is 4.79 Å². The van der Waals surface area contributed by atoms with E-state index >= 15 is 0 Å². The summed E-state index contributed by atoms with van der Waals surface area (Å²) in [6.07, 6.45) is 7.53. The highest BCUT2D eigenvalue weighted by atomic mass is 16.2. The molecule has 3 fully saturated rings. The standard InChI is InChI=1S/C11H18N2O/c14-10-11(5-6-11)12-8-13(10)7-4-9-2-1-3-9/h9,12H,1-8H2. The molecule has 3 nitrogen and oxygen atoms in total. The van der Waals surface area contributed by atoms with E-state index in [4.69, 9.17) is 0 Å². The normalized spacial score (nSPS) is 29.7. The fourth-order valence-electron chi connectivity index (χ4n) is 2.51. The van der Waals surface area contributed by atoms with Crippen LogP contribution in [0.5, 0.6) is 0 Å². The highest BCUT2D eigenvalue weighted by Crippen LogP contribution is 2.40. The second-order valence-corrected chi connectivity index (χ2v) is 5.07. The van der Waals surface area contributed by atoms with Gasteiger partial charge < -0.3 is 4.90 Å². The molecule has 0 radical (unpaired) electrons. The Morgan fingerprint density at radius 3 is 2.71 bits per heavy atom. The zero-order valence-corrected chi connectivity index (χ0v) is 8.59. The maximum absolute atomic E-state index is 11.9. The van der Waals surface area contributed by atoms with Crippen molar-refractivity contribution in [2.75, 3.05) is 13.2 Å². The number of hydrogen-bond acceptors (Lipinski definition) is 2. The maximum Gasteiger partial charge on any atom is 0.243 e. The molecule has 0 bridgehead atoms. The van der Waals surface area contributed by atoms with Gasteiger partial charge in [-0.1, -0.05) is 19.3 Å². The Kier molecular flexibility index (Phi) is 1.84. The van der Waals surface area contributed by atoms with Crippen molar-refractivity contribution in [1.29, 1.82) is 0 Å². The first-order valence-electron chi connectivity index (χ1n) is 5.85. The predicted octanol–water partition coefficient (Wildman–Crippen LogP) is 1.10. The van der Waals surface area contributed by atoms with Crippen molar-refractivity contribution in [3.8, 4) is 0 Å². The van der Waals surface area contributed by atoms with Gasteiger partial charge in [0, 0.05) is 6.54 Å². The van der Waals surface area contributed by atoms with Gasteiger partial charge in [0.25, 0.3) is 0 Å². The third-order valence-electron chi connectivity index (χ3n) is 4.09. The van der Waals surface area contributed by atoms with Crippen molar-refractivity contribution in [2.45, 2.75) is 44.1 Å². The van der Waals surface area contributed by atoms with Crippen LogP contribution in [0.3, 0.4) is 0 Å². The van der Waals surface area contributed by atoms with Gasteiger partial charge in [0.05, 0.1) is 12.2 Å². The Bertz CT molecular complexity index is 256. The quantitative estimate of drug-likeness (QED) is 0.729. The Labute approximate surface area is 84.8 Å². The van der Waals surface area contributed by atoms with Gasteiger partial charge in [-0.2, -0.15) is 0 Å². The fourth-order valence-corrected chi connectivity index (χ4v) is 2.51. The van der Waals surface area contributed by atoms with E-state index in [0.29, 0.717) is 5.91 Å². The van der Waals surface area contributed by atoms with E-state index in [1.165, 1.54) is 25.7 Å². The number of carbonyl (C=O) groups is 1. The second-order valence-electron chi connectivity index (χ2n) is 5.07. The highest BCUT2D eigenvalue weighted by molar-refractivity contribution is 5.91. The average Bonchev–Trinajstić information content (AvgIpc) is 2.81. The van der Waals surface area contributed by atoms with Crippen LogP contribution in [0.4, 0.5) is 0 Å². The Morgan fingerprint density at radius 1 is 1.43 bits per heavy atom. The van der Waals surface area contributed by atoms with Gasteiger partial charge in [0.1, 0.15) is 0 Å². The number of rotatable bonds is 3. The summed E-state index contributed by atoms with van der Waals surface area (Å²) >= 11 is 0. The molecular weight excluding hydrogens is 176 g/mol. The van der Waals surface area contributed by atoms with Crippen LogP contribution in [0.1, 0.15) is 38.5 Å². The molecule has 0 atom stereocenters. The van der Waals surface area contributed by atoms with Crippen LogP contribution in [0.2, 0.25) is 0 Å². The van der Waals surface area contributed by atoms with E-state index in [-0.39, 0.29) is 5.54 Å². The topological polar surface area (TPSA) is 32.3 Å². The van der Waals surface area contributed by atoms with Crippen LogP contribution in [-0.4, -0.2) is 29.6 Å². The summed E-state index contributed by atoms with van der Waals surface area (Å²) in [6, 6.07) is 0. The minimum Gasteiger partial charge on any atom is -0.328 e. The van der Waals surface area contributed by atoms with Crippen molar-refractivity contribution >= 4 is 5.91 Å². The van der Waals surface area contributed by atoms with Gasteiger partial charge in [-0.3, -0.25) is 10.1 Å². The van der Waals surface area contributed by atoms with Crippen LogP contribution >= 0.6 is 0 Å². The molecule has 1 aliphatic heterocycles. The van der Waals surface area contributed by atoms with Crippen molar-refractivity contribution < 1.29 is 4.79 Å². The van der Waals surface area contributed by atoms with E-state index in [1.54, 1.807) is 0 Å². The van der Waals surface area contributed by atoms with E-state index in [1.807, 2.05) is 4.90 Å². The molecule has 1 N–H and O–H groups in total. The maximum atomic E-state index is 11.9. The minimum absolute atomic E-state index is 0.0837. The smallest absolute Gasteiger partial charge is 0.243 e. The molecule has 0 aromatic rings. The summed E-state index contributed by atoms with van der Waals surface area (Å²) in [5.74, 6) is 1.29. The van der Waals surface area contributed by atoms with Crippen LogP contribution in [0.25, 0.3) is 0 Å². The lowest BCUT2D eigenvalue weighted by molar-refractivity contribution is -0.129. The van der Waals surface area contributed by atoms with Crippen LogP contribution < -0.4 is 5.32 Å². The van der Waals surface area contributed by atoms with Crippen LogP contribution in [0, 0.1) is 5.92 Å². The molecule has 0 unspecified atom stereocenters. The van der Waals surface area contributed by atoms with Gasteiger partial charge in [0.2, 0.25) is 5.91 Å². The molecule has 2 aliphatic carbocycles. The molecule has 3 heteroatoms. The molecule has 1 heterocycles. The number of amides is 1. The summed E-state index contributed by atoms with van der Waals surface area (Å²) < 4.78 is 0. The van der Waals surface area contributed by atoms with Gasteiger partial charge in [-0.15, -0.1) is 0 Å². The molecule has 0 aromatic heterocycles. The van der Waals surface area contributed by atoms with Crippen LogP contribution in [0.15, 0.2) is 0 Å². The van der Waals surface area contributed by atoms with Crippen molar-refractivity contribution in [3.63, 3.8) is 0 Å². The lowest BCUT2D eigenvalue weighted by Gasteiger charge is -2.27. The summed E-state index contributed by atoms with van der Waals surface area (Å²) in [5.41, 5.74) is -0.0837. The van der Waals surface area contributed by atoms with Gasteiger partial charge >= 0.3 is 0 Å². The minimum atomic E-state index is -0.0837. The number of nitrogens with zero attached hydrogens (tertiary/aromatic N) is 1. The summed E-state index contributed by atoms with van der Waals surface area (Å²) in [6.45, 7) is 1.78. The van der Waals surface area contributed by atoms with E-state index in [2.05, 4.69) is 5.32 Å². The largest absolute Gasteiger partial charge is 0.328 e. The molecular formula is C11H18N2O. The van der Waals surface area contributed by atoms with Gasteiger partial charge in [0.15, 0.2) is 0 Å². The zero-order valence-electron chi connectivity index (χ0n) is 8.59. The molecule has 14 heavy (non-hydrogen) atoms. The fraction of sp³-hybridized carbons (Fsp3) is 0.909. The van der Waals surface area contributed by atoms with Gasteiger partial charge in [-0.25, -0.2) is 0 Å². The Balaban J connectivity index is 1.51. The summed E-state index contributed by atoms with van der Waals surface area (Å²) in [5, 5.41) is 3.34. The van der Waals surface area contributed by atoms with Crippen molar-refractivity contribution in [3.05, 3.63) is 0 Å². The molecule has 0 aromatic carbocycles. The first-order chi connectivity index (χ1) is 6.80. The SMILES string of the molecule is O=C1N(CCC2CCC2)CNC12CC2. The second kappa shape index (κ2) is 2.96. The van der Waals surface area contributed by atoms with Crippen LogP contribution in [-0.2, 0) is 4.79 Å². The Morgan fingerprint density at radius 2 is 2.21 bits per heavy atom. The van der Waals surface area contributed by atoms with Crippen molar-refractivity contribution in [2.24, 2.45) is 5.92 Å².